The minimum atomic E-state index is -0.922. The molecule has 2 heterocycles. The highest BCUT2D eigenvalue weighted by molar-refractivity contribution is 7.08. The number of hydrogen-bond donors (Lipinski definition) is 0. The molecule has 0 bridgehead atoms. The molecule has 0 radical (unpaired) electrons. The zero-order valence-corrected chi connectivity index (χ0v) is 16.0. The smallest absolute Gasteiger partial charge is 0.266 e. The zero-order valence-electron chi connectivity index (χ0n) is 14.4. The molecule has 1 aromatic carbocycles. The van der Waals surface area contributed by atoms with E-state index in [1.807, 2.05) is 21.7 Å². The monoisotopic (exact) mass is 379 g/mol. The molecule has 0 N–H and O–H groups in total. The average Bonchev–Trinajstić information content (AvgIpc) is 3.10. The third-order valence-corrected chi connectivity index (χ3v) is 5.14. The lowest BCUT2D eigenvalue weighted by Crippen LogP contribution is -2.52. The Morgan fingerprint density at radius 2 is 1.84 bits per heavy atom. The lowest BCUT2D eigenvalue weighted by molar-refractivity contribution is -0.147. The van der Waals surface area contributed by atoms with E-state index in [4.69, 9.17) is 21.1 Å². The number of carbonyl (C=O) groups is 1. The van der Waals surface area contributed by atoms with Gasteiger partial charge in [-0.3, -0.25) is 4.79 Å². The van der Waals surface area contributed by atoms with Crippen LogP contribution < -0.4 is 9.47 Å². The third kappa shape index (κ3) is 4.67. The van der Waals surface area contributed by atoms with Gasteiger partial charge in [-0.05, 0) is 49.6 Å². The van der Waals surface area contributed by atoms with Crippen molar-refractivity contribution in [3.63, 3.8) is 0 Å². The van der Waals surface area contributed by atoms with Crippen LogP contribution in [0.5, 0.6) is 11.5 Å². The van der Waals surface area contributed by atoms with Crippen molar-refractivity contribution in [2.24, 2.45) is 0 Å². The number of ether oxygens (including phenoxy) is 2. The maximum atomic E-state index is 12.9. The lowest BCUT2D eigenvalue weighted by atomic mass is 10.0. The summed E-state index contributed by atoms with van der Waals surface area (Å²) in [6.07, 6.45) is 1.83. The number of amides is 1. The van der Waals surface area contributed by atoms with Crippen molar-refractivity contribution in [2.45, 2.75) is 38.4 Å². The van der Waals surface area contributed by atoms with Crippen LogP contribution in [-0.4, -0.2) is 35.6 Å². The van der Waals surface area contributed by atoms with Crippen LogP contribution in [0.3, 0.4) is 0 Å². The Balaban J connectivity index is 1.54. The van der Waals surface area contributed by atoms with E-state index in [2.05, 4.69) is 0 Å². The molecule has 1 fully saturated rings. The molecule has 1 aliphatic heterocycles. The first-order valence-corrected chi connectivity index (χ1v) is 9.69. The van der Waals surface area contributed by atoms with Gasteiger partial charge < -0.3 is 14.4 Å². The van der Waals surface area contributed by atoms with Gasteiger partial charge in [-0.15, -0.1) is 11.3 Å². The number of carbonyl (C=O) groups excluding carboxylic acids is 1. The average molecular weight is 380 g/mol. The second-order valence-electron chi connectivity index (χ2n) is 6.63. The summed E-state index contributed by atoms with van der Waals surface area (Å²) in [4.78, 5) is 14.7. The van der Waals surface area contributed by atoms with Crippen molar-refractivity contribution in [1.82, 2.24) is 4.90 Å². The van der Waals surface area contributed by atoms with E-state index in [1.54, 1.807) is 49.4 Å². The van der Waals surface area contributed by atoms with Crippen molar-refractivity contribution >= 4 is 28.8 Å². The fourth-order valence-electron chi connectivity index (χ4n) is 2.91. The predicted molar refractivity (Wildman–Crippen MR) is 101 cm³/mol. The summed E-state index contributed by atoms with van der Waals surface area (Å²) in [7, 11) is 0. The number of thiophene rings is 1. The topological polar surface area (TPSA) is 38.8 Å². The predicted octanol–water partition coefficient (Wildman–Crippen LogP) is 4.63. The molecule has 0 unspecified atom stereocenters. The molecular formula is C19H22ClNO3S. The van der Waals surface area contributed by atoms with E-state index in [0.29, 0.717) is 23.9 Å². The molecule has 1 aliphatic rings. The maximum absolute atomic E-state index is 12.9. The highest BCUT2D eigenvalue weighted by Crippen LogP contribution is 2.25. The molecule has 0 atom stereocenters. The fraction of sp³-hybridized carbons (Fsp3) is 0.421. The standard InChI is InChI=1S/C19H22ClNO3S/c1-19(2,24-16-5-3-14(20)4-6-16)18(22)21-10-7-15(8-11-21)23-17-9-12-25-13-17/h3-6,9,12-13,15H,7-8,10-11H2,1-2H3. The minimum Gasteiger partial charge on any atom is -0.489 e. The molecule has 25 heavy (non-hydrogen) atoms. The van der Waals surface area contributed by atoms with Gasteiger partial charge in [0.1, 0.15) is 17.6 Å². The molecule has 1 saturated heterocycles. The number of likely N-dealkylation sites (tertiary alicyclic amines) is 1. The van der Waals surface area contributed by atoms with Gasteiger partial charge in [0.25, 0.3) is 5.91 Å². The number of benzene rings is 1. The maximum Gasteiger partial charge on any atom is 0.266 e. The quantitative estimate of drug-likeness (QED) is 0.760. The van der Waals surface area contributed by atoms with Crippen molar-refractivity contribution in [2.75, 3.05) is 13.1 Å². The van der Waals surface area contributed by atoms with Crippen molar-refractivity contribution in [1.29, 1.82) is 0 Å². The fourth-order valence-corrected chi connectivity index (χ4v) is 3.60. The van der Waals surface area contributed by atoms with Crippen LogP contribution in [-0.2, 0) is 4.79 Å². The van der Waals surface area contributed by atoms with Gasteiger partial charge in [0.2, 0.25) is 0 Å². The van der Waals surface area contributed by atoms with E-state index in [9.17, 15) is 4.79 Å². The van der Waals surface area contributed by atoms with E-state index in [0.717, 1.165) is 18.6 Å². The molecule has 0 spiro atoms. The molecular weight excluding hydrogens is 358 g/mol. The van der Waals surface area contributed by atoms with Crippen LogP contribution >= 0.6 is 22.9 Å². The van der Waals surface area contributed by atoms with Crippen molar-refractivity contribution < 1.29 is 14.3 Å². The Labute approximate surface area is 157 Å². The highest BCUT2D eigenvalue weighted by Gasteiger charge is 2.36. The van der Waals surface area contributed by atoms with Gasteiger partial charge in [-0.2, -0.15) is 0 Å². The van der Waals surface area contributed by atoms with Gasteiger partial charge in [0.15, 0.2) is 5.60 Å². The molecule has 1 aromatic heterocycles. The summed E-state index contributed by atoms with van der Waals surface area (Å²) < 4.78 is 11.8. The molecule has 3 rings (SSSR count). The first-order chi connectivity index (χ1) is 11.9. The summed E-state index contributed by atoms with van der Waals surface area (Å²) in [5.41, 5.74) is -0.922. The molecule has 4 nitrogen and oxygen atoms in total. The molecule has 0 saturated carbocycles. The van der Waals surface area contributed by atoms with Crippen LogP contribution in [0, 0.1) is 0 Å². The van der Waals surface area contributed by atoms with Crippen molar-refractivity contribution in [3.05, 3.63) is 46.1 Å². The number of nitrogens with zero attached hydrogens (tertiary/aromatic N) is 1. The van der Waals surface area contributed by atoms with E-state index >= 15 is 0 Å². The molecule has 134 valence electrons. The van der Waals surface area contributed by atoms with E-state index < -0.39 is 5.60 Å². The van der Waals surface area contributed by atoms with Gasteiger partial charge in [0.05, 0.1) is 0 Å². The molecule has 0 aliphatic carbocycles. The lowest BCUT2D eigenvalue weighted by Gasteiger charge is -2.36. The van der Waals surface area contributed by atoms with Crippen LogP contribution in [0.15, 0.2) is 41.1 Å². The largest absolute Gasteiger partial charge is 0.489 e. The van der Waals surface area contributed by atoms with Crippen LogP contribution in [0.2, 0.25) is 5.02 Å². The van der Waals surface area contributed by atoms with Crippen LogP contribution in [0.4, 0.5) is 0 Å². The second kappa shape index (κ2) is 7.67. The second-order valence-corrected chi connectivity index (χ2v) is 7.85. The molecule has 6 heteroatoms. The molecule has 2 aromatic rings. The van der Waals surface area contributed by atoms with E-state index in [1.165, 1.54) is 0 Å². The number of hydrogen-bond acceptors (Lipinski definition) is 4. The summed E-state index contributed by atoms with van der Waals surface area (Å²) in [6, 6.07) is 9.04. The Bertz CT molecular complexity index is 692. The minimum absolute atomic E-state index is 0.00330. The van der Waals surface area contributed by atoms with Crippen molar-refractivity contribution in [3.8, 4) is 11.5 Å². The SMILES string of the molecule is CC(C)(Oc1ccc(Cl)cc1)C(=O)N1CCC(Oc2ccsc2)CC1. The van der Waals surface area contributed by atoms with E-state index in [-0.39, 0.29) is 12.0 Å². The normalized spacial score (nSPS) is 15.9. The first-order valence-electron chi connectivity index (χ1n) is 8.37. The zero-order chi connectivity index (χ0) is 17.9. The Morgan fingerprint density at radius 3 is 2.44 bits per heavy atom. The van der Waals surface area contributed by atoms with Gasteiger partial charge in [-0.1, -0.05) is 11.6 Å². The third-order valence-electron chi connectivity index (χ3n) is 4.23. The van der Waals surface area contributed by atoms with Gasteiger partial charge in [-0.25, -0.2) is 0 Å². The summed E-state index contributed by atoms with van der Waals surface area (Å²) in [5.74, 6) is 1.55. The Kier molecular flexibility index (Phi) is 5.54. The Hall–Kier alpha value is -1.72. The Morgan fingerprint density at radius 1 is 1.16 bits per heavy atom. The van der Waals surface area contributed by atoms with Gasteiger partial charge in [0, 0.05) is 36.3 Å². The summed E-state index contributed by atoms with van der Waals surface area (Å²) >= 11 is 7.51. The number of halogens is 1. The highest BCUT2D eigenvalue weighted by atomic mass is 35.5. The molecule has 1 amide bonds. The van der Waals surface area contributed by atoms with Crippen LogP contribution in [0.1, 0.15) is 26.7 Å². The van der Waals surface area contributed by atoms with Gasteiger partial charge >= 0.3 is 0 Å². The number of rotatable bonds is 5. The number of piperidine rings is 1. The first kappa shape index (κ1) is 18.1. The van der Waals surface area contributed by atoms with Crippen LogP contribution in [0.25, 0.3) is 0 Å². The summed E-state index contributed by atoms with van der Waals surface area (Å²) in [6.45, 7) is 4.97. The summed E-state index contributed by atoms with van der Waals surface area (Å²) in [5, 5.41) is 4.65.